The molecule has 1 heterocycles. The van der Waals surface area contributed by atoms with E-state index in [0.29, 0.717) is 22.2 Å². The van der Waals surface area contributed by atoms with Gasteiger partial charge in [-0.3, -0.25) is 5.10 Å². The Balaban J connectivity index is 1.86. The van der Waals surface area contributed by atoms with Gasteiger partial charge in [-0.25, -0.2) is 4.98 Å². The average molecular weight is 298 g/mol. The number of para-hydroxylation sites is 1. The summed E-state index contributed by atoms with van der Waals surface area (Å²) in [5, 5.41) is 17.4. The van der Waals surface area contributed by atoms with Crippen molar-refractivity contribution in [2.75, 3.05) is 0 Å². The molecule has 5 heteroatoms. The van der Waals surface area contributed by atoms with E-state index in [0.717, 1.165) is 5.56 Å². The predicted octanol–water partition coefficient (Wildman–Crippen LogP) is 4.00. The molecule has 104 valence electrons. The van der Waals surface area contributed by atoms with E-state index < -0.39 is 0 Å². The fourth-order valence-corrected chi connectivity index (χ4v) is 2.11. The molecular formula is C16H12ClN3O. The van der Waals surface area contributed by atoms with Crippen molar-refractivity contribution in [3.8, 4) is 17.1 Å². The van der Waals surface area contributed by atoms with Gasteiger partial charge in [0.2, 0.25) is 0 Å². The van der Waals surface area contributed by atoms with Crippen molar-refractivity contribution in [1.82, 2.24) is 15.2 Å². The maximum atomic E-state index is 9.79. The van der Waals surface area contributed by atoms with Crippen LogP contribution in [0.5, 0.6) is 5.75 Å². The van der Waals surface area contributed by atoms with Gasteiger partial charge in [0.1, 0.15) is 11.6 Å². The number of H-pyrrole nitrogens is 1. The van der Waals surface area contributed by atoms with E-state index in [1.54, 1.807) is 24.3 Å². The number of hydrogen-bond donors (Lipinski definition) is 2. The fourth-order valence-electron chi connectivity index (χ4n) is 1.91. The summed E-state index contributed by atoms with van der Waals surface area (Å²) in [7, 11) is 0. The van der Waals surface area contributed by atoms with Crippen LogP contribution in [-0.4, -0.2) is 20.3 Å². The highest BCUT2D eigenvalue weighted by Gasteiger charge is 2.08. The van der Waals surface area contributed by atoms with Crippen molar-refractivity contribution < 1.29 is 5.11 Å². The SMILES string of the molecule is Oc1ccccc1-c1n[nH]c(/C=C/c2ccccc2Cl)n1. The van der Waals surface area contributed by atoms with Crippen LogP contribution in [0.2, 0.25) is 5.02 Å². The molecule has 1 aromatic heterocycles. The summed E-state index contributed by atoms with van der Waals surface area (Å²) in [5.74, 6) is 1.19. The number of nitrogens with one attached hydrogen (secondary N) is 1. The van der Waals surface area contributed by atoms with Gasteiger partial charge in [-0.15, -0.1) is 0 Å². The molecule has 2 N–H and O–H groups in total. The first-order valence-electron chi connectivity index (χ1n) is 6.37. The van der Waals surface area contributed by atoms with Crippen LogP contribution >= 0.6 is 11.6 Å². The minimum atomic E-state index is 0.151. The average Bonchev–Trinajstić information content (AvgIpc) is 2.96. The van der Waals surface area contributed by atoms with Crippen molar-refractivity contribution >= 4 is 23.8 Å². The van der Waals surface area contributed by atoms with Gasteiger partial charge in [0, 0.05) is 5.02 Å². The van der Waals surface area contributed by atoms with Crippen molar-refractivity contribution in [1.29, 1.82) is 0 Å². The predicted molar refractivity (Wildman–Crippen MR) is 83.9 cm³/mol. The molecule has 0 radical (unpaired) electrons. The van der Waals surface area contributed by atoms with Crippen molar-refractivity contribution in [2.45, 2.75) is 0 Å². The number of benzene rings is 2. The Morgan fingerprint density at radius 3 is 2.57 bits per heavy atom. The number of nitrogens with zero attached hydrogens (tertiary/aromatic N) is 2. The van der Waals surface area contributed by atoms with Crippen LogP contribution in [-0.2, 0) is 0 Å². The Hall–Kier alpha value is -2.59. The van der Waals surface area contributed by atoms with Gasteiger partial charge < -0.3 is 5.11 Å². The number of aromatic hydroxyl groups is 1. The Morgan fingerprint density at radius 2 is 1.76 bits per heavy atom. The molecule has 0 fully saturated rings. The van der Waals surface area contributed by atoms with E-state index >= 15 is 0 Å². The van der Waals surface area contributed by atoms with Crippen molar-refractivity contribution in [3.05, 3.63) is 64.9 Å². The van der Waals surface area contributed by atoms with Crippen LogP contribution in [0.1, 0.15) is 11.4 Å². The molecule has 0 spiro atoms. The third-order valence-corrected chi connectivity index (χ3v) is 3.32. The highest BCUT2D eigenvalue weighted by atomic mass is 35.5. The molecule has 3 aromatic rings. The number of phenols is 1. The molecule has 0 bridgehead atoms. The van der Waals surface area contributed by atoms with Crippen LogP contribution in [0.25, 0.3) is 23.5 Å². The molecular weight excluding hydrogens is 286 g/mol. The number of aromatic amines is 1. The molecule has 0 aliphatic heterocycles. The standard InChI is InChI=1S/C16H12ClN3O/c17-13-7-3-1-5-11(13)9-10-15-18-16(20-19-15)12-6-2-4-8-14(12)21/h1-10,21H,(H,18,19,20)/b10-9+. The third kappa shape index (κ3) is 2.95. The smallest absolute Gasteiger partial charge is 0.185 e. The summed E-state index contributed by atoms with van der Waals surface area (Å²) >= 11 is 6.08. The van der Waals surface area contributed by atoms with Crippen molar-refractivity contribution in [2.24, 2.45) is 0 Å². The van der Waals surface area contributed by atoms with Gasteiger partial charge in [-0.2, -0.15) is 5.10 Å². The number of phenolic OH excluding ortho intramolecular Hbond substituents is 1. The molecule has 3 rings (SSSR count). The van der Waals surface area contributed by atoms with Crippen LogP contribution < -0.4 is 0 Å². The summed E-state index contributed by atoms with van der Waals surface area (Å²) in [6, 6.07) is 14.5. The third-order valence-electron chi connectivity index (χ3n) is 2.97. The quantitative estimate of drug-likeness (QED) is 0.768. The maximum Gasteiger partial charge on any atom is 0.185 e. The summed E-state index contributed by atoms with van der Waals surface area (Å²) < 4.78 is 0. The van der Waals surface area contributed by atoms with Gasteiger partial charge in [-0.1, -0.05) is 41.9 Å². The highest BCUT2D eigenvalue weighted by Crippen LogP contribution is 2.25. The molecule has 0 atom stereocenters. The first-order chi connectivity index (χ1) is 10.2. The highest BCUT2D eigenvalue weighted by molar-refractivity contribution is 6.32. The lowest BCUT2D eigenvalue weighted by Crippen LogP contribution is -1.81. The first kappa shape index (κ1) is 13.4. The molecule has 0 aliphatic carbocycles. The van der Waals surface area contributed by atoms with Gasteiger partial charge in [-0.05, 0) is 35.9 Å². The summed E-state index contributed by atoms with van der Waals surface area (Å²) in [4.78, 5) is 4.33. The lowest BCUT2D eigenvalue weighted by molar-refractivity contribution is 0.477. The number of hydrogen-bond acceptors (Lipinski definition) is 3. The molecule has 0 aliphatic rings. The summed E-state index contributed by atoms with van der Waals surface area (Å²) in [6.45, 7) is 0. The van der Waals surface area contributed by atoms with Gasteiger partial charge in [0.25, 0.3) is 0 Å². The molecule has 0 amide bonds. The molecule has 2 aromatic carbocycles. The molecule has 0 saturated carbocycles. The Morgan fingerprint density at radius 1 is 1.00 bits per heavy atom. The van der Waals surface area contributed by atoms with Crippen LogP contribution in [0.3, 0.4) is 0 Å². The van der Waals surface area contributed by atoms with Crippen LogP contribution in [0.15, 0.2) is 48.5 Å². The topological polar surface area (TPSA) is 61.8 Å². The minimum absolute atomic E-state index is 0.151. The van der Waals surface area contributed by atoms with Crippen molar-refractivity contribution in [3.63, 3.8) is 0 Å². The number of aromatic nitrogens is 3. The van der Waals surface area contributed by atoms with Gasteiger partial charge in [0.15, 0.2) is 5.82 Å². The second-order valence-electron chi connectivity index (χ2n) is 4.42. The Bertz CT molecular complexity index is 795. The zero-order valence-electron chi connectivity index (χ0n) is 11.0. The first-order valence-corrected chi connectivity index (χ1v) is 6.75. The molecule has 0 saturated heterocycles. The largest absolute Gasteiger partial charge is 0.507 e. The van der Waals surface area contributed by atoms with Crippen LogP contribution in [0.4, 0.5) is 0 Å². The lowest BCUT2D eigenvalue weighted by atomic mass is 10.2. The summed E-state index contributed by atoms with van der Waals surface area (Å²) in [5.41, 5.74) is 1.49. The van der Waals surface area contributed by atoms with E-state index in [1.165, 1.54) is 0 Å². The minimum Gasteiger partial charge on any atom is -0.507 e. The van der Waals surface area contributed by atoms with E-state index in [2.05, 4.69) is 15.2 Å². The lowest BCUT2D eigenvalue weighted by Gasteiger charge is -1.97. The fraction of sp³-hybridized carbons (Fsp3) is 0. The normalized spacial score (nSPS) is 11.1. The number of rotatable bonds is 3. The Labute approximate surface area is 126 Å². The molecule has 0 unspecified atom stereocenters. The molecule has 4 nitrogen and oxygen atoms in total. The van der Waals surface area contributed by atoms with Gasteiger partial charge in [0.05, 0.1) is 5.56 Å². The monoisotopic (exact) mass is 297 g/mol. The summed E-state index contributed by atoms with van der Waals surface area (Å²) in [6.07, 6.45) is 3.65. The van der Waals surface area contributed by atoms with E-state index in [4.69, 9.17) is 11.6 Å². The zero-order valence-corrected chi connectivity index (χ0v) is 11.7. The molecule has 21 heavy (non-hydrogen) atoms. The zero-order chi connectivity index (χ0) is 14.7. The van der Waals surface area contributed by atoms with E-state index in [9.17, 15) is 5.11 Å². The van der Waals surface area contributed by atoms with E-state index in [1.807, 2.05) is 36.4 Å². The number of halogens is 1. The maximum absolute atomic E-state index is 9.79. The second-order valence-corrected chi connectivity index (χ2v) is 4.82. The second kappa shape index (κ2) is 5.81. The van der Waals surface area contributed by atoms with E-state index in [-0.39, 0.29) is 5.75 Å². The van der Waals surface area contributed by atoms with Gasteiger partial charge >= 0.3 is 0 Å². The van der Waals surface area contributed by atoms with Crippen LogP contribution in [0, 0.1) is 0 Å². The Kier molecular flexibility index (Phi) is 3.71.